The smallest absolute Gasteiger partial charge is 0.272 e. The third-order valence-corrected chi connectivity index (χ3v) is 3.92. The molecule has 6 heteroatoms. The van der Waals surface area contributed by atoms with Crippen molar-refractivity contribution in [1.29, 1.82) is 0 Å². The Hall–Kier alpha value is -1.91. The van der Waals surface area contributed by atoms with Crippen molar-refractivity contribution in [3.05, 3.63) is 52.3 Å². The summed E-state index contributed by atoms with van der Waals surface area (Å²) >= 11 is 12.0. The summed E-state index contributed by atoms with van der Waals surface area (Å²) in [6.45, 7) is 0. The molecule has 0 aliphatic heterocycles. The first kappa shape index (κ1) is 13.1. The van der Waals surface area contributed by atoms with E-state index in [1.165, 1.54) is 0 Å². The Bertz CT molecular complexity index is 805. The first-order valence-electron chi connectivity index (χ1n) is 5.86. The van der Waals surface area contributed by atoms with Crippen LogP contribution in [-0.4, -0.2) is 10.5 Å². The maximum Gasteiger partial charge on any atom is 0.272 e. The highest BCUT2D eigenvalue weighted by molar-refractivity contribution is 6.44. The van der Waals surface area contributed by atoms with E-state index in [9.17, 15) is 4.79 Å². The Morgan fingerprint density at radius 1 is 1.30 bits per heavy atom. The molecule has 1 aromatic carbocycles. The van der Waals surface area contributed by atoms with E-state index in [1.54, 1.807) is 48.2 Å². The van der Waals surface area contributed by atoms with Crippen LogP contribution in [0.25, 0.3) is 11.1 Å². The van der Waals surface area contributed by atoms with Crippen LogP contribution in [0.4, 0.5) is 5.69 Å². The topological polar surface area (TPSA) is 47.2 Å². The highest BCUT2D eigenvalue weighted by Crippen LogP contribution is 2.30. The van der Waals surface area contributed by atoms with E-state index in [0.717, 1.165) is 5.52 Å². The Labute approximate surface area is 124 Å². The summed E-state index contributed by atoms with van der Waals surface area (Å²) in [6.07, 6.45) is 1.58. The number of furan rings is 1. The van der Waals surface area contributed by atoms with Crippen molar-refractivity contribution in [3.63, 3.8) is 0 Å². The second kappa shape index (κ2) is 4.89. The molecule has 0 radical (unpaired) electrons. The number of rotatable bonds is 2. The van der Waals surface area contributed by atoms with Crippen molar-refractivity contribution in [1.82, 2.24) is 4.57 Å². The fourth-order valence-corrected chi connectivity index (χ4v) is 2.40. The Balaban J connectivity index is 1.95. The molecule has 102 valence electrons. The molecule has 2 aromatic heterocycles. The van der Waals surface area contributed by atoms with E-state index >= 15 is 0 Å². The lowest BCUT2D eigenvalue weighted by Crippen LogP contribution is -2.15. The van der Waals surface area contributed by atoms with Crippen LogP contribution in [0.3, 0.4) is 0 Å². The summed E-state index contributed by atoms with van der Waals surface area (Å²) < 4.78 is 7.03. The van der Waals surface area contributed by atoms with Crippen LogP contribution in [0, 0.1) is 0 Å². The predicted octanol–water partition coefficient (Wildman–Crippen LogP) is 4.33. The quantitative estimate of drug-likeness (QED) is 0.766. The van der Waals surface area contributed by atoms with Gasteiger partial charge in [-0.1, -0.05) is 29.3 Å². The number of carbonyl (C=O) groups is 1. The monoisotopic (exact) mass is 308 g/mol. The van der Waals surface area contributed by atoms with Gasteiger partial charge >= 0.3 is 0 Å². The number of anilines is 1. The van der Waals surface area contributed by atoms with Crippen LogP contribution in [0.2, 0.25) is 10.0 Å². The summed E-state index contributed by atoms with van der Waals surface area (Å²) in [5.74, 6) is -0.275. The number of fused-ring (bicyclic) bond motifs is 1. The summed E-state index contributed by atoms with van der Waals surface area (Å²) in [5, 5.41) is 3.45. The molecule has 3 aromatic rings. The average molecular weight is 309 g/mol. The fraction of sp³-hybridized carbons (Fsp3) is 0.0714. The van der Waals surface area contributed by atoms with Crippen LogP contribution in [0.1, 0.15) is 10.5 Å². The number of nitrogens with zero attached hydrogens (tertiary/aromatic N) is 1. The molecule has 3 rings (SSSR count). The largest absolute Gasteiger partial charge is 0.463 e. The third kappa shape index (κ3) is 2.07. The van der Waals surface area contributed by atoms with Crippen molar-refractivity contribution >= 4 is 45.9 Å². The van der Waals surface area contributed by atoms with E-state index in [2.05, 4.69) is 5.32 Å². The van der Waals surface area contributed by atoms with Gasteiger partial charge in [0.1, 0.15) is 5.69 Å². The second-order valence-electron chi connectivity index (χ2n) is 4.31. The van der Waals surface area contributed by atoms with Crippen molar-refractivity contribution in [2.75, 3.05) is 5.32 Å². The van der Waals surface area contributed by atoms with Gasteiger partial charge in [-0.05, 0) is 12.1 Å². The van der Waals surface area contributed by atoms with Crippen molar-refractivity contribution in [2.45, 2.75) is 0 Å². The zero-order valence-corrected chi connectivity index (χ0v) is 12.0. The van der Waals surface area contributed by atoms with Gasteiger partial charge in [0.05, 0.1) is 27.5 Å². The lowest BCUT2D eigenvalue weighted by Gasteiger charge is -2.08. The normalized spacial score (nSPS) is 10.9. The molecule has 0 saturated heterocycles. The van der Waals surface area contributed by atoms with Gasteiger partial charge in [0, 0.05) is 19.2 Å². The summed E-state index contributed by atoms with van der Waals surface area (Å²) in [5.41, 5.74) is 2.47. The lowest BCUT2D eigenvalue weighted by molar-refractivity contribution is 0.101. The van der Waals surface area contributed by atoms with Gasteiger partial charge in [0.2, 0.25) is 0 Å². The summed E-state index contributed by atoms with van der Waals surface area (Å²) in [7, 11) is 1.80. The van der Waals surface area contributed by atoms with Crippen LogP contribution >= 0.6 is 23.2 Å². The fourth-order valence-electron chi connectivity index (χ4n) is 2.05. The van der Waals surface area contributed by atoms with E-state index in [-0.39, 0.29) is 5.91 Å². The molecule has 4 nitrogen and oxygen atoms in total. The molecule has 0 fully saturated rings. The van der Waals surface area contributed by atoms with Gasteiger partial charge in [0.15, 0.2) is 5.58 Å². The minimum absolute atomic E-state index is 0.275. The van der Waals surface area contributed by atoms with Crippen LogP contribution in [0.5, 0.6) is 0 Å². The number of halogens is 2. The van der Waals surface area contributed by atoms with E-state index in [4.69, 9.17) is 27.6 Å². The molecule has 0 atom stereocenters. The van der Waals surface area contributed by atoms with Gasteiger partial charge in [0.25, 0.3) is 5.91 Å². The number of amides is 1. The SMILES string of the molecule is Cn1c(C(=O)Nc2cccc(Cl)c2Cl)cc2occc21. The number of carbonyl (C=O) groups excluding carboxylic acids is 1. The molecule has 0 aliphatic carbocycles. The highest BCUT2D eigenvalue weighted by atomic mass is 35.5. The lowest BCUT2D eigenvalue weighted by atomic mass is 10.3. The molecule has 0 unspecified atom stereocenters. The standard InChI is InChI=1S/C14H10Cl2N2O2/c1-18-10-5-6-20-12(10)7-11(18)14(19)17-9-4-2-3-8(15)13(9)16/h2-7H,1H3,(H,17,19). The first-order valence-corrected chi connectivity index (χ1v) is 6.62. The van der Waals surface area contributed by atoms with Gasteiger partial charge in [-0.3, -0.25) is 4.79 Å². The van der Waals surface area contributed by atoms with Crippen molar-refractivity contribution < 1.29 is 9.21 Å². The van der Waals surface area contributed by atoms with Gasteiger partial charge in [-0.25, -0.2) is 0 Å². The second-order valence-corrected chi connectivity index (χ2v) is 5.10. The summed E-state index contributed by atoms with van der Waals surface area (Å²) in [4.78, 5) is 12.3. The number of aromatic nitrogens is 1. The molecule has 0 bridgehead atoms. The molecule has 0 spiro atoms. The Morgan fingerprint density at radius 3 is 2.85 bits per heavy atom. The van der Waals surface area contributed by atoms with E-state index in [0.29, 0.717) is 27.0 Å². The van der Waals surface area contributed by atoms with Crippen LogP contribution in [0.15, 0.2) is 41.0 Å². The molecule has 1 amide bonds. The molecule has 20 heavy (non-hydrogen) atoms. The zero-order chi connectivity index (χ0) is 14.3. The van der Waals surface area contributed by atoms with Crippen LogP contribution < -0.4 is 5.32 Å². The Kier molecular flexibility index (Phi) is 3.20. The highest BCUT2D eigenvalue weighted by Gasteiger charge is 2.16. The van der Waals surface area contributed by atoms with E-state index < -0.39 is 0 Å². The first-order chi connectivity index (χ1) is 9.58. The third-order valence-electron chi connectivity index (χ3n) is 3.10. The number of hydrogen-bond donors (Lipinski definition) is 1. The molecule has 0 saturated carbocycles. The number of aryl methyl sites for hydroxylation is 1. The summed E-state index contributed by atoms with van der Waals surface area (Å²) in [6, 6.07) is 8.57. The van der Waals surface area contributed by atoms with E-state index in [1.807, 2.05) is 0 Å². The maximum atomic E-state index is 12.3. The van der Waals surface area contributed by atoms with Crippen molar-refractivity contribution in [3.8, 4) is 0 Å². The predicted molar refractivity (Wildman–Crippen MR) is 79.6 cm³/mol. The van der Waals surface area contributed by atoms with Crippen LogP contribution in [-0.2, 0) is 7.05 Å². The van der Waals surface area contributed by atoms with Gasteiger partial charge in [-0.15, -0.1) is 0 Å². The number of hydrogen-bond acceptors (Lipinski definition) is 2. The minimum atomic E-state index is -0.275. The van der Waals surface area contributed by atoms with Gasteiger partial charge < -0.3 is 14.3 Å². The number of nitrogens with one attached hydrogen (secondary N) is 1. The van der Waals surface area contributed by atoms with Gasteiger partial charge in [-0.2, -0.15) is 0 Å². The maximum absolute atomic E-state index is 12.3. The number of benzene rings is 1. The molecular weight excluding hydrogens is 299 g/mol. The zero-order valence-electron chi connectivity index (χ0n) is 10.5. The molecule has 1 N–H and O–H groups in total. The molecular formula is C14H10Cl2N2O2. The van der Waals surface area contributed by atoms with Crippen molar-refractivity contribution in [2.24, 2.45) is 7.05 Å². The minimum Gasteiger partial charge on any atom is -0.463 e. The molecule has 0 aliphatic rings. The molecule has 2 heterocycles. The Morgan fingerprint density at radius 2 is 2.10 bits per heavy atom. The average Bonchev–Trinajstić information content (AvgIpc) is 2.98.